The van der Waals surface area contributed by atoms with Crippen LogP contribution in [0.15, 0.2) is 85.0 Å². The zero-order chi connectivity index (χ0) is 28.6. The third-order valence-corrected chi connectivity index (χ3v) is 8.26. The van der Waals surface area contributed by atoms with Crippen LogP contribution in [0.1, 0.15) is 36.8 Å². The van der Waals surface area contributed by atoms with Crippen molar-refractivity contribution in [1.29, 1.82) is 0 Å². The van der Waals surface area contributed by atoms with Crippen molar-refractivity contribution in [2.45, 2.75) is 31.7 Å². The molecule has 0 N–H and O–H groups in total. The maximum Gasteiger partial charge on any atom is 0.338 e. The maximum absolute atomic E-state index is 13.8. The number of hydrogen-bond acceptors (Lipinski definition) is 9. The number of carbonyl (C=O) groups is 1. The SMILES string of the molecule is CCOC(=O)C1=C(C)N=c2s/c(=C\c3ccc(-c4ccc([N+](=O)[O-])cc4C)o3)c(=O)n2C1c1ccc(SC)cc1. The lowest BCUT2D eigenvalue weighted by Gasteiger charge is -2.24. The van der Waals surface area contributed by atoms with Crippen molar-refractivity contribution in [3.8, 4) is 11.3 Å². The van der Waals surface area contributed by atoms with E-state index in [1.165, 1.54) is 28.0 Å². The number of benzene rings is 2. The van der Waals surface area contributed by atoms with E-state index in [0.717, 1.165) is 16.0 Å². The molecule has 4 aromatic rings. The second kappa shape index (κ2) is 11.1. The molecule has 0 aliphatic carbocycles. The average Bonchev–Trinajstić information content (AvgIpc) is 3.52. The number of carbonyl (C=O) groups excluding carboxylic acids is 1. The number of nitrogens with zero attached hydrogens (tertiary/aromatic N) is 3. The first-order valence-electron chi connectivity index (χ1n) is 12.4. The maximum atomic E-state index is 13.8. The molecule has 3 heterocycles. The molecule has 40 heavy (non-hydrogen) atoms. The summed E-state index contributed by atoms with van der Waals surface area (Å²) in [6.07, 6.45) is 3.63. The smallest absolute Gasteiger partial charge is 0.338 e. The lowest BCUT2D eigenvalue weighted by atomic mass is 9.96. The van der Waals surface area contributed by atoms with Crippen LogP contribution in [0.2, 0.25) is 0 Å². The Morgan fingerprint density at radius 1 is 1.20 bits per heavy atom. The van der Waals surface area contributed by atoms with E-state index in [-0.39, 0.29) is 17.9 Å². The van der Waals surface area contributed by atoms with Crippen LogP contribution in [0, 0.1) is 17.0 Å². The molecule has 11 heteroatoms. The van der Waals surface area contributed by atoms with Crippen molar-refractivity contribution in [1.82, 2.24) is 4.57 Å². The molecule has 1 aliphatic heterocycles. The standard InChI is InChI=1S/C29H25N3O6S2/c1-5-37-28(34)25-17(3)30-29-31(26(25)18-6-10-21(39-4)11-7-18)27(33)24(40-29)15-20-9-13-23(38-20)22-12-8-19(32(35)36)14-16(22)2/h6-15,26H,5H2,1-4H3/b24-15-. The molecule has 0 saturated heterocycles. The van der Waals surface area contributed by atoms with E-state index in [0.29, 0.717) is 37.7 Å². The van der Waals surface area contributed by atoms with Crippen molar-refractivity contribution in [3.05, 3.63) is 113 Å². The summed E-state index contributed by atoms with van der Waals surface area (Å²) < 4.78 is 13.3. The molecule has 0 spiro atoms. The third-order valence-electron chi connectivity index (χ3n) is 6.53. The van der Waals surface area contributed by atoms with Gasteiger partial charge in [0.15, 0.2) is 4.80 Å². The number of ether oxygens (including phenoxy) is 1. The third kappa shape index (κ3) is 5.05. The van der Waals surface area contributed by atoms with Gasteiger partial charge in [-0.15, -0.1) is 11.8 Å². The molecule has 1 aliphatic rings. The van der Waals surface area contributed by atoms with Gasteiger partial charge in [-0.25, -0.2) is 9.79 Å². The first-order valence-corrected chi connectivity index (χ1v) is 14.4. The molecule has 204 valence electrons. The Balaban J connectivity index is 1.60. The largest absolute Gasteiger partial charge is 0.463 e. The number of esters is 1. The predicted molar refractivity (Wildman–Crippen MR) is 154 cm³/mol. The average molecular weight is 576 g/mol. The van der Waals surface area contributed by atoms with Crippen LogP contribution in [-0.2, 0) is 9.53 Å². The summed E-state index contributed by atoms with van der Waals surface area (Å²) in [6, 6.07) is 15.1. The van der Waals surface area contributed by atoms with E-state index in [9.17, 15) is 19.7 Å². The number of thioether (sulfide) groups is 1. The number of thiazole rings is 1. The summed E-state index contributed by atoms with van der Waals surface area (Å²) in [4.78, 5) is 43.6. The van der Waals surface area contributed by atoms with E-state index < -0.39 is 16.9 Å². The van der Waals surface area contributed by atoms with Gasteiger partial charge in [-0.2, -0.15) is 0 Å². The molecule has 0 amide bonds. The van der Waals surface area contributed by atoms with Gasteiger partial charge >= 0.3 is 5.97 Å². The van der Waals surface area contributed by atoms with Gasteiger partial charge in [0.1, 0.15) is 11.5 Å². The molecule has 0 saturated carbocycles. The minimum Gasteiger partial charge on any atom is -0.463 e. The minimum absolute atomic E-state index is 0.00395. The van der Waals surface area contributed by atoms with Gasteiger partial charge in [0, 0.05) is 28.7 Å². The molecule has 2 aromatic heterocycles. The lowest BCUT2D eigenvalue weighted by Crippen LogP contribution is -2.39. The molecule has 0 bridgehead atoms. The van der Waals surface area contributed by atoms with Crippen molar-refractivity contribution in [2.24, 2.45) is 4.99 Å². The molecular weight excluding hydrogens is 550 g/mol. The second-order valence-electron chi connectivity index (χ2n) is 9.03. The van der Waals surface area contributed by atoms with Crippen LogP contribution in [-0.4, -0.2) is 28.3 Å². The van der Waals surface area contributed by atoms with Crippen molar-refractivity contribution in [3.63, 3.8) is 0 Å². The summed E-state index contributed by atoms with van der Waals surface area (Å²) in [5, 5.41) is 11.1. The number of non-ortho nitro benzene ring substituents is 1. The van der Waals surface area contributed by atoms with Gasteiger partial charge in [-0.1, -0.05) is 23.5 Å². The summed E-state index contributed by atoms with van der Waals surface area (Å²) in [5.74, 6) is 0.463. The van der Waals surface area contributed by atoms with Crippen LogP contribution in [0.5, 0.6) is 0 Å². The molecule has 1 unspecified atom stereocenters. The van der Waals surface area contributed by atoms with E-state index >= 15 is 0 Å². The van der Waals surface area contributed by atoms with Gasteiger partial charge < -0.3 is 9.15 Å². The number of hydrogen-bond donors (Lipinski definition) is 0. The number of aryl methyl sites for hydroxylation is 1. The summed E-state index contributed by atoms with van der Waals surface area (Å²) in [5.41, 5.74) is 2.72. The summed E-state index contributed by atoms with van der Waals surface area (Å²) >= 11 is 2.81. The number of allylic oxidation sites excluding steroid dienone is 1. The molecule has 1 atom stereocenters. The van der Waals surface area contributed by atoms with Crippen LogP contribution in [0.25, 0.3) is 17.4 Å². The highest BCUT2D eigenvalue weighted by molar-refractivity contribution is 7.98. The number of nitro benzene ring substituents is 1. The Labute approximate surface area is 237 Å². The monoisotopic (exact) mass is 575 g/mol. The number of nitro groups is 1. The number of rotatable bonds is 7. The molecule has 5 rings (SSSR count). The Morgan fingerprint density at radius 2 is 1.95 bits per heavy atom. The van der Waals surface area contributed by atoms with Crippen LogP contribution in [0.3, 0.4) is 0 Å². The Kier molecular flexibility index (Phi) is 7.59. The quantitative estimate of drug-likeness (QED) is 0.132. The lowest BCUT2D eigenvalue weighted by molar-refractivity contribution is -0.384. The highest BCUT2D eigenvalue weighted by Crippen LogP contribution is 2.32. The Bertz CT molecular complexity index is 1850. The topological polar surface area (TPSA) is 117 Å². The van der Waals surface area contributed by atoms with E-state index in [4.69, 9.17) is 9.15 Å². The van der Waals surface area contributed by atoms with Crippen LogP contribution in [0.4, 0.5) is 5.69 Å². The molecule has 2 aromatic carbocycles. The van der Waals surface area contributed by atoms with Gasteiger partial charge in [-0.05, 0) is 68.5 Å². The summed E-state index contributed by atoms with van der Waals surface area (Å²) in [6.45, 7) is 5.46. The number of furan rings is 1. The fraction of sp³-hybridized carbons (Fsp3) is 0.207. The number of fused-ring (bicyclic) bond motifs is 1. The van der Waals surface area contributed by atoms with Crippen molar-refractivity contribution >= 4 is 40.8 Å². The highest BCUT2D eigenvalue weighted by Gasteiger charge is 2.33. The second-order valence-corrected chi connectivity index (χ2v) is 10.9. The van der Waals surface area contributed by atoms with Crippen molar-refractivity contribution in [2.75, 3.05) is 12.9 Å². The van der Waals surface area contributed by atoms with Gasteiger partial charge in [0.25, 0.3) is 11.2 Å². The highest BCUT2D eigenvalue weighted by atomic mass is 32.2. The van der Waals surface area contributed by atoms with Gasteiger partial charge in [-0.3, -0.25) is 19.5 Å². The molecular formula is C29H25N3O6S2. The normalized spacial score (nSPS) is 15.1. The first-order chi connectivity index (χ1) is 19.2. The van der Waals surface area contributed by atoms with Crippen LogP contribution < -0.4 is 14.9 Å². The first kappa shape index (κ1) is 27.4. The summed E-state index contributed by atoms with van der Waals surface area (Å²) in [7, 11) is 0. The minimum atomic E-state index is -0.691. The predicted octanol–water partition coefficient (Wildman–Crippen LogP) is 5.00. The number of aromatic nitrogens is 1. The zero-order valence-corrected chi connectivity index (χ0v) is 23.8. The van der Waals surface area contributed by atoms with E-state index in [1.807, 2.05) is 30.5 Å². The van der Waals surface area contributed by atoms with E-state index in [2.05, 4.69) is 4.99 Å². The molecule has 0 fully saturated rings. The van der Waals surface area contributed by atoms with Crippen LogP contribution >= 0.6 is 23.1 Å². The van der Waals surface area contributed by atoms with Gasteiger partial charge in [0.05, 0.1) is 33.4 Å². The fourth-order valence-corrected chi connectivity index (χ4v) is 6.07. The van der Waals surface area contributed by atoms with Gasteiger partial charge in [0.2, 0.25) is 0 Å². The van der Waals surface area contributed by atoms with E-state index in [1.54, 1.807) is 56.8 Å². The Morgan fingerprint density at radius 3 is 2.60 bits per heavy atom. The fourth-order valence-electron chi connectivity index (χ4n) is 4.64. The molecule has 0 radical (unpaired) electrons. The zero-order valence-electron chi connectivity index (χ0n) is 22.2. The van der Waals surface area contributed by atoms with Crippen molar-refractivity contribution < 1.29 is 18.9 Å². The molecule has 9 nitrogen and oxygen atoms in total. The Hall–Kier alpha value is -4.22.